The van der Waals surface area contributed by atoms with Crippen LogP contribution in [0.15, 0.2) is 197 Å². The lowest BCUT2D eigenvalue weighted by Gasteiger charge is -2.11. The van der Waals surface area contributed by atoms with Gasteiger partial charge in [-0.15, -0.1) is 0 Å². The average Bonchev–Trinajstić information content (AvgIpc) is 3.85. The van der Waals surface area contributed by atoms with Crippen molar-refractivity contribution in [2.75, 3.05) is 0 Å². The molecule has 5 heteroatoms. The van der Waals surface area contributed by atoms with E-state index in [2.05, 4.69) is 121 Å². The second-order valence-corrected chi connectivity index (χ2v) is 14.0. The van der Waals surface area contributed by atoms with Crippen LogP contribution in [-0.2, 0) is 0 Å². The van der Waals surface area contributed by atoms with E-state index in [4.69, 9.17) is 23.8 Å². The maximum Gasteiger partial charge on any atom is 0.164 e. The fourth-order valence-corrected chi connectivity index (χ4v) is 7.84. The largest absolute Gasteiger partial charge is 0.456 e. The summed E-state index contributed by atoms with van der Waals surface area (Å²) in [4.78, 5) is 15.2. The van der Waals surface area contributed by atoms with Crippen molar-refractivity contribution < 1.29 is 8.83 Å². The minimum Gasteiger partial charge on any atom is -0.456 e. The molecule has 56 heavy (non-hydrogen) atoms. The van der Waals surface area contributed by atoms with E-state index in [1.54, 1.807) is 0 Å². The monoisotopic (exact) mass is 717 g/mol. The van der Waals surface area contributed by atoms with Gasteiger partial charge in [-0.1, -0.05) is 152 Å². The van der Waals surface area contributed by atoms with Crippen molar-refractivity contribution in [3.05, 3.63) is 188 Å². The Morgan fingerprint density at radius 2 is 0.839 bits per heavy atom. The van der Waals surface area contributed by atoms with E-state index >= 15 is 0 Å². The molecule has 3 aromatic heterocycles. The van der Waals surface area contributed by atoms with Crippen LogP contribution in [-0.4, -0.2) is 15.0 Å². The Bertz CT molecular complexity index is 3250. The van der Waals surface area contributed by atoms with Crippen LogP contribution in [0.5, 0.6) is 0 Å². The SMILES string of the molecule is c1ccc(-c2ccc3c(c2)oc2c(-c4cccc(-c5cccc(-c6nc(-c7ccccc7)nc(-c7cccc8oc9ccccc9c78)n6)c5)c4)cccc23)cc1. The molecule has 11 rings (SSSR count). The Kier molecular flexibility index (Phi) is 7.42. The highest BCUT2D eigenvalue weighted by Gasteiger charge is 2.19. The third kappa shape index (κ3) is 5.45. The maximum atomic E-state index is 6.63. The normalized spacial score (nSPS) is 11.6. The highest BCUT2D eigenvalue weighted by molar-refractivity contribution is 6.12. The Hall–Kier alpha value is -7.63. The highest BCUT2D eigenvalue weighted by Crippen LogP contribution is 2.40. The second kappa shape index (κ2) is 13.0. The Morgan fingerprint density at radius 3 is 1.66 bits per heavy atom. The fraction of sp³-hybridized carbons (Fsp3) is 0. The van der Waals surface area contributed by atoms with Crippen molar-refractivity contribution in [1.29, 1.82) is 0 Å². The molecule has 0 unspecified atom stereocenters. The van der Waals surface area contributed by atoms with E-state index < -0.39 is 0 Å². The van der Waals surface area contributed by atoms with Crippen molar-refractivity contribution in [3.8, 4) is 67.5 Å². The molecule has 0 bridgehead atoms. The number of hydrogen-bond donors (Lipinski definition) is 0. The number of rotatable bonds is 6. The second-order valence-electron chi connectivity index (χ2n) is 14.0. The molecule has 0 amide bonds. The number of fused-ring (bicyclic) bond motifs is 6. The predicted octanol–water partition coefficient (Wildman–Crippen LogP) is 13.7. The summed E-state index contributed by atoms with van der Waals surface area (Å²) < 4.78 is 12.9. The molecule has 0 aliphatic carbocycles. The molecule has 262 valence electrons. The van der Waals surface area contributed by atoms with E-state index in [1.807, 2.05) is 66.7 Å². The Labute approximate surface area is 322 Å². The average molecular weight is 718 g/mol. The van der Waals surface area contributed by atoms with Crippen LogP contribution < -0.4 is 0 Å². The van der Waals surface area contributed by atoms with Gasteiger partial charge in [0.2, 0.25) is 0 Å². The first-order valence-corrected chi connectivity index (χ1v) is 18.7. The molecule has 5 nitrogen and oxygen atoms in total. The number of nitrogens with zero attached hydrogens (tertiary/aromatic N) is 3. The van der Waals surface area contributed by atoms with Crippen molar-refractivity contribution in [1.82, 2.24) is 15.0 Å². The predicted molar refractivity (Wildman–Crippen MR) is 227 cm³/mol. The van der Waals surface area contributed by atoms with Crippen LogP contribution in [0, 0.1) is 0 Å². The summed E-state index contributed by atoms with van der Waals surface area (Å²) in [6.07, 6.45) is 0. The zero-order valence-corrected chi connectivity index (χ0v) is 30.1. The lowest BCUT2D eigenvalue weighted by molar-refractivity contribution is 0.669. The molecule has 0 saturated carbocycles. The van der Waals surface area contributed by atoms with Crippen LogP contribution in [0.4, 0.5) is 0 Å². The maximum absolute atomic E-state index is 6.63. The van der Waals surface area contributed by atoms with Gasteiger partial charge in [-0.3, -0.25) is 0 Å². The Balaban J connectivity index is 1.01. The molecule has 0 saturated heterocycles. The van der Waals surface area contributed by atoms with E-state index in [0.29, 0.717) is 17.5 Å². The number of para-hydroxylation sites is 2. The van der Waals surface area contributed by atoms with Gasteiger partial charge in [-0.2, -0.15) is 0 Å². The van der Waals surface area contributed by atoms with Crippen molar-refractivity contribution in [2.24, 2.45) is 0 Å². The standard InChI is InChI=1S/C51H31N3O2/c1-3-13-32(14-4-1)36-27-28-40-41-23-11-22-39(48(41)56-46(40)31-36)37-19-9-17-34(29-37)35-18-10-20-38(30-35)50-52-49(33-15-5-2-6-16-33)53-51(54-50)43-24-12-26-45-47(43)42-21-7-8-25-44(42)55-45/h1-31H. The van der Waals surface area contributed by atoms with E-state index in [1.165, 1.54) is 5.56 Å². The smallest absolute Gasteiger partial charge is 0.164 e. The summed E-state index contributed by atoms with van der Waals surface area (Å²) in [6.45, 7) is 0. The van der Waals surface area contributed by atoms with Crippen molar-refractivity contribution >= 4 is 43.9 Å². The first-order valence-electron chi connectivity index (χ1n) is 18.7. The number of benzene rings is 8. The minimum atomic E-state index is 0.591. The number of hydrogen-bond acceptors (Lipinski definition) is 5. The highest BCUT2D eigenvalue weighted by atomic mass is 16.3. The quantitative estimate of drug-likeness (QED) is 0.171. The molecule has 0 fully saturated rings. The molecule has 0 radical (unpaired) electrons. The van der Waals surface area contributed by atoms with E-state index in [0.717, 1.165) is 88.4 Å². The third-order valence-electron chi connectivity index (χ3n) is 10.5. The fourth-order valence-electron chi connectivity index (χ4n) is 7.84. The molecular formula is C51H31N3O2. The number of aromatic nitrogens is 3. The van der Waals surface area contributed by atoms with E-state index in [-0.39, 0.29) is 0 Å². The summed E-state index contributed by atoms with van der Waals surface area (Å²) in [5, 5.41) is 4.22. The van der Waals surface area contributed by atoms with Gasteiger partial charge in [-0.25, -0.2) is 15.0 Å². The lowest BCUT2D eigenvalue weighted by Crippen LogP contribution is -2.00. The zero-order valence-electron chi connectivity index (χ0n) is 30.1. The topological polar surface area (TPSA) is 65.0 Å². The van der Waals surface area contributed by atoms with Crippen molar-refractivity contribution in [2.45, 2.75) is 0 Å². The molecule has 11 aromatic rings. The molecule has 0 atom stereocenters. The van der Waals surface area contributed by atoms with Crippen LogP contribution in [0.25, 0.3) is 111 Å². The van der Waals surface area contributed by atoms with Gasteiger partial charge in [0.15, 0.2) is 17.5 Å². The molecular weight excluding hydrogens is 687 g/mol. The van der Waals surface area contributed by atoms with Crippen LogP contribution in [0.2, 0.25) is 0 Å². The van der Waals surface area contributed by atoms with Gasteiger partial charge < -0.3 is 8.83 Å². The van der Waals surface area contributed by atoms with Gasteiger partial charge in [0.05, 0.1) is 0 Å². The summed E-state index contributed by atoms with van der Waals surface area (Å²) in [7, 11) is 0. The lowest BCUT2D eigenvalue weighted by atomic mass is 9.96. The molecule has 0 aliphatic rings. The summed E-state index contributed by atoms with van der Waals surface area (Å²) in [5.41, 5.74) is 12.7. The molecule has 0 N–H and O–H groups in total. The van der Waals surface area contributed by atoms with Crippen molar-refractivity contribution in [3.63, 3.8) is 0 Å². The van der Waals surface area contributed by atoms with Gasteiger partial charge in [0, 0.05) is 43.8 Å². The van der Waals surface area contributed by atoms with Gasteiger partial charge in [0.25, 0.3) is 0 Å². The van der Waals surface area contributed by atoms with E-state index in [9.17, 15) is 0 Å². The molecule has 0 spiro atoms. The minimum absolute atomic E-state index is 0.591. The van der Waals surface area contributed by atoms with Gasteiger partial charge in [-0.05, 0) is 64.2 Å². The number of furan rings is 2. The van der Waals surface area contributed by atoms with Gasteiger partial charge >= 0.3 is 0 Å². The molecule has 3 heterocycles. The third-order valence-corrected chi connectivity index (χ3v) is 10.5. The van der Waals surface area contributed by atoms with Crippen LogP contribution >= 0.6 is 0 Å². The molecule has 8 aromatic carbocycles. The summed E-state index contributed by atoms with van der Waals surface area (Å²) >= 11 is 0. The first-order chi connectivity index (χ1) is 27.7. The zero-order chi connectivity index (χ0) is 37.0. The molecule has 0 aliphatic heterocycles. The Morgan fingerprint density at radius 1 is 0.286 bits per heavy atom. The summed E-state index contributed by atoms with van der Waals surface area (Å²) in [5.74, 6) is 1.80. The van der Waals surface area contributed by atoms with Gasteiger partial charge in [0.1, 0.15) is 22.3 Å². The first kappa shape index (κ1) is 31.9. The van der Waals surface area contributed by atoms with Crippen LogP contribution in [0.1, 0.15) is 0 Å². The van der Waals surface area contributed by atoms with Crippen LogP contribution in [0.3, 0.4) is 0 Å². The summed E-state index contributed by atoms with van der Waals surface area (Å²) in [6, 6.07) is 64.6.